The van der Waals surface area contributed by atoms with Crippen molar-refractivity contribution in [3.63, 3.8) is 0 Å². The van der Waals surface area contributed by atoms with Gasteiger partial charge in [0.2, 0.25) is 0 Å². The third kappa shape index (κ3) is 21.1. The van der Waals surface area contributed by atoms with Gasteiger partial charge in [-0.05, 0) is 181 Å². The second kappa shape index (κ2) is 33.2. The fraction of sp³-hybridized carbons (Fsp3) is 0.607. The van der Waals surface area contributed by atoms with E-state index >= 15 is 0 Å². The normalized spacial score (nSPS) is 16.0. The second-order valence-corrected chi connectivity index (χ2v) is 25.7. The number of hydrogen-bond donors (Lipinski definition) is 2. The molecule has 0 amide bonds. The molecule has 440 valence electrons. The number of rotatable bonds is 42. The van der Waals surface area contributed by atoms with E-state index in [0.717, 1.165) is 73.7 Å². The molecule has 2 aliphatic heterocycles. The predicted molar refractivity (Wildman–Crippen MR) is 308 cm³/mol. The van der Waals surface area contributed by atoms with Gasteiger partial charge in [-0.15, -0.1) is 0 Å². The molecule has 0 saturated carbocycles. The molecule has 0 spiro atoms. The summed E-state index contributed by atoms with van der Waals surface area (Å²) in [6, 6.07) is 22.5. The lowest BCUT2D eigenvalue weighted by atomic mass is 9.91. The molecule has 0 radical (unpaired) electrons. The molecule has 16 nitrogen and oxygen atoms in total. The number of ether oxygens (including phenoxy) is 8. The van der Waals surface area contributed by atoms with Gasteiger partial charge in [-0.3, -0.25) is 0 Å². The van der Waals surface area contributed by atoms with Gasteiger partial charge in [0.1, 0.15) is 73.8 Å². The van der Waals surface area contributed by atoms with Crippen molar-refractivity contribution in [1.82, 2.24) is 0 Å². The topological polar surface area (TPSA) is 176 Å². The number of benzene rings is 4. The van der Waals surface area contributed by atoms with Crippen LogP contribution < -0.4 is 18.9 Å². The van der Waals surface area contributed by atoms with E-state index in [0.29, 0.717) is 128 Å². The molecule has 2 fully saturated rings. The van der Waals surface area contributed by atoms with Gasteiger partial charge < -0.3 is 74.7 Å². The zero-order chi connectivity index (χ0) is 56.6. The molecule has 4 unspecified atom stereocenters. The summed E-state index contributed by atoms with van der Waals surface area (Å²) in [5.41, 5.74) is 10.7. The van der Waals surface area contributed by atoms with Crippen LogP contribution in [0.25, 0.3) is 0 Å². The summed E-state index contributed by atoms with van der Waals surface area (Å²) < 4.78 is 84.2. The van der Waals surface area contributed by atoms with Gasteiger partial charge in [0.15, 0.2) is 0 Å². The van der Waals surface area contributed by atoms with Crippen LogP contribution in [0.2, 0.25) is 12.1 Å². The lowest BCUT2D eigenvalue weighted by Crippen LogP contribution is -2.46. The minimum atomic E-state index is -2.79. The average molecular weight is 1140 g/mol. The summed E-state index contributed by atoms with van der Waals surface area (Å²) in [6.45, 7) is 26.8. The van der Waals surface area contributed by atoms with E-state index in [1.54, 1.807) is 0 Å². The van der Waals surface area contributed by atoms with Crippen molar-refractivity contribution < 1.29 is 74.7 Å². The predicted octanol–water partition coefficient (Wildman–Crippen LogP) is 9.64. The Balaban J connectivity index is 1.16. The Morgan fingerprint density at radius 3 is 1.34 bits per heavy atom. The molecule has 0 aliphatic carbocycles. The Bertz CT molecular complexity index is 2400. The van der Waals surface area contributed by atoms with E-state index in [9.17, 15) is 10.2 Å². The zero-order valence-corrected chi connectivity index (χ0v) is 51.0. The summed E-state index contributed by atoms with van der Waals surface area (Å²) in [5, 5.41) is 22.1. The van der Waals surface area contributed by atoms with Crippen LogP contribution in [0.15, 0.2) is 60.7 Å². The quantitative estimate of drug-likeness (QED) is 0.0243. The van der Waals surface area contributed by atoms with Crippen molar-refractivity contribution in [3.8, 4) is 23.0 Å². The van der Waals surface area contributed by atoms with Gasteiger partial charge in [-0.2, -0.15) is 0 Å². The van der Waals surface area contributed by atoms with Gasteiger partial charge in [0, 0.05) is 64.9 Å². The number of epoxide rings is 2. The van der Waals surface area contributed by atoms with Gasteiger partial charge in [0.05, 0.1) is 26.4 Å². The third-order valence-electron chi connectivity index (χ3n) is 13.8. The van der Waals surface area contributed by atoms with Crippen molar-refractivity contribution >= 4 is 17.6 Å². The second-order valence-electron chi connectivity index (χ2n) is 20.2. The van der Waals surface area contributed by atoms with E-state index in [1.807, 2.05) is 53.7 Å². The monoisotopic (exact) mass is 1140 g/mol. The van der Waals surface area contributed by atoms with Gasteiger partial charge in [-0.1, -0.05) is 36.4 Å². The molecular weight excluding hydrogens is 1040 g/mol. The largest absolute Gasteiger partial charge is 0.501 e. The first-order valence-corrected chi connectivity index (χ1v) is 32.6. The lowest BCUT2D eigenvalue weighted by molar-refractivity contribution is 0.00997. The van der Waals surface area contributed by atoms with Gasteiger partial charge in [0.25, 0.3) is 0 Å². The highest BCUT2D eigenvalue weighted by Gasteiger charge is 2.40. The average Bonchev–Trinajstić information content (AvgIpc) is 4.39. The minimum Gasteiger partial charge on any atom is -0.491 e. The van der Waals surface area contributed by atoms with E-state index in [4.69, 9.17) is 64.5 Å². The van der Waals surface area contributed by atoms with Gasteiger partial charge >= 0.3 is 17.6 Å². The van der Waals surface area contributed by atoms with Crippen molar-refractivity contribution in [2.45, 2.75) is 138 Å². The molecule has 4 aromatic rings. The fourth-order valence-corrected chi connectivity index (χ4v) is 14.6. The van der Waals surface area contributed by atoms with Crippen LogP contribution in [0.1, 0.15) is 110 Å². The van der Waals surface area contributed by atoms with Crippen LogP contribution in [0.5, 0.6) is 23.0 Å². The summed E-state index contributed by atoms with van der Waals surface area (Å²) in [5.74, 6) is 3.07. The summed E-state index contributed by atoms with van der Waals surface area (Å²) in [7, 11) is -5.54. The minimum absolute atomic E-state index is 0.0530. The highest BCUT2D eigenvalue weighted by molar-refractivity contribution is 6.61. The van der Waals surface area contributed by atoms with Gasteiger partial charge in [-0.25, -0.2) is 0 Å². The summed E-state index contributed by atoms with van der Waals surface area (Å²) in [6.07, 6.45) is 1.81. The zero-order valence-electron chi connectivity index (χ0n) is 49.0. The van der Waals surface area contributed by atoms with E-state index < -0.39 is 29.8 Å². The van der Waals surface area contributed by atoms with Crippen LogP contribution >= 0.6 is 0 Å². The van der Waals surface area contributed by atoms with Crippen molar-refractivity contribution in [1.29, 1.82) is 0 Å². The molecule has 4 atom stereocenters. The molecule has 4 aromatic carbocycles. The fourth-order valence-electron chi connectivity index (χ4n) is 9.45. The van der Waals surface area contributed by atoms with E-state index in [1.165, 1.54) is 0 Å². The van der Waals surface area contributed by atoms with E-state index in [-0.39, 0.29) is 38.6 Å². The molecule has 0 aromatic heterocycles. The first-order valence-electron chi connectivity index (χ1n) is 28.8. The molecule has 0 bridgehead atoms. The van der Waals surface area contributed by atoms with Crippen LogP contribution in [0, 0.1) is 27.7 Å². The number of aliphatic hydroxyl groups excluding tert-OH is 2. The summed E-state index contributed by atoms with van der Waals surface area (Å²) in [4.78, 5) is 0. The maximum absolute atomic E-state index is 11.2. The molecule has 2 aliphatic rings. The standard InChI is InChI=1S/C61H92O16Si2/c1-11-72-78(73-12-2,74-13-3)26-18-24-64-36-54(62)38-68-58-21-17-20-51(45(58)8)29-49-30-53(47(10)61(34-49)71-43-57-41-67-57)32-50-31-52(28-48-23-22-44(7)59(33-48)70-42-56-40-66-56)46(9)60(35-50)69-39-55(63)37-65-25-19-27-79(75-14-4,76-15-5)77-16-6/h17,20-23,30-31,33-35,54-57,62-63H,11-16,18-19,24-29,32,36-43H2,1-10H3. The lowest BCUT2D eigenvalue weighted by Gasteiger charge is -2.28. The van der Waals surface area contributed by atoms with Crippen molar-refractivity contribution in [2.75, 3.05) is 106 Å². The van der Waals surface area contributed by atoms with Crippen LogP contribution in [0.4, 0.5) is 0 Å². The number of aliphatic hydroxyl groups is 2. The smallest absolute Gasteiger partial charge is 0.491 e. The Morgan fingerprint density at radius 2 is 0.873 bits per heavy atom. The summed E-state index contributed by atoms with van der Waals surface area (Å²) >= 11 is 0. The molecule has 79 heavy (non-hydrogen) atoms. The Kier molecular flexibility index (Phi) is 27.0. The van der Waals surface area contributed by atoms with Crippen LogP contribution in [-0.4, -0.2) is 158 Å². The maximum atomic E-state index is 11.2. The first-order chi connectivity index (χ1) is 38.2. The van der Waals surface area contributed by atoms with Crippen molar-refractivity contribution in [3.05, 3.63) is 116 Å². The number of aryl methyl sites for hydroxylation is 1. The van der Waals surface area contributed by atoms with Crippen LogP contribution in [0.3, 0.4) is 0 Å². The molecular formula is C61H92O16Si2. The number of hydrogen-bond acceptors (Lipinski definition) is 16. The molecule has 2 heterocycles. The highest BCUT2D eigenvalue weighted by atomic mass is 28.4. The first kappa shape index (κ1) is 64.2. The third-order valence-corrected chi connectivity index (χ3v) is 20.1. The van der Waals surface area contributed by atoms with E-state index in [2.05, 4.69) is 76.2 Å². The Hall–Kier alpha value is -3.97. The molecule has 6 rings (SSSR count). The molecule has 18 heteroatoms. The SMILES string of the molecule is CCO[Si](CCCOCC(O)COc1cccc(Cc2cc(Cc3cc(Cc4ccc(C)c(OCC5CO5)c4)c(C)c(OCC(O)COCCC[Si](OCC)(OCC)OCC)c3)c(C)c(OCC3CO3)c2)c1C)(OCC)OCC. The molecule has 2 N–H and O–H groups in total. The van der Waals surface area contributed by atoms with Crippen LogP contribution in [-0.2, 0) is 64.8 Å². The molecule has 2 saturated heterocycles. The van der Waals surface area contributed by atoms with Crippen molar-refractivity contribution in [2.24, 2.45) is 0 Å². The Morgan fingerprint density at radius 1 is 0.468 bits per heavy atom. The Labute approximate surface area is 473 Å². The highest BCUT2D eigenvalue weighted by Crippen LogP contribution is 2.34. The maximum Gasteiger partial charge on any atom is 0.501 e.